The van der Waals surface area contributed by atoms with Crippen LogP contribution in [0.3, 0.4) is 0 Å². The summed E-state index contributed by atoms with van der Waals surface area (Å²) in [5, 5.41) is 2.93. The smallest absolute Gasteiger partial charge is 0.243 e. The van der Waals surface area contributed by atoms with Crippen molar-refractivity contribution in [3.63, 3.8) is 0 Å². The Bertz CT molecular complexity index is 784. The minimum absolute atomic E-state index is 0.0110. The van der Waals surface area contributed by atoms with E-state index in [9.17, 15) is 13.2 Å². The van der Waals surface area contributed by atoms with E-state index in [0.29, 0.717) is 31.1 Å². The van der Waals surface area contributed by atoms with Crippen LogP contribution in [0.5, 0.6) is 0 Å². The molecule has 1 heterocycles. The molecule has 148 valence electrons. The highest BCUT2D eigenvalue weighted by atomic mass is 32.2. The Hall–Kier alpha value is -1.40. The van der Waals surface area contributed by atoms with Crippen molar-refractivity contribution in [3.8, 4) is 0 Å². The van der Waals surface area contributed by atoms with Gasteiger partial charge in [-0.15, -0.1) is 0 Å². The summed E-state index contributed by atoms with van der Waals surface area (Å²) in [4.78, 5) is 12.8. The van der Waals surface area contributed by atoms with E-state index < -0.39 is 10.0 Å². The number of nitrogens with zero attached hydrogens (tertiary/aromatic N) is 1. The molecule has 0 radical (unpaired) electrons. The SMILES string of the molecule is O=C(CC1CC2CCC1C2)Nc1cccc(S(=O)(=O)N2CCCCCC2)c1. The zero-order chi connectivity index (χ0) is 18.9. The largest absolute Gasteiger partial charge is 0.326 e. The lowest BCUT2D eigenvalue weighted by Gasteiger charge is -2.21. The molecule has 4 rings (SSSR count). The van der Waals surface area contributed by atoms with Gasteiger partial charge in [0.05, 0.1) is 4.90 Å². The van der Waals surface area contributed by atoms with E-state index in [-0.39, 0.29) is 10.8 Å². The second-order valence-corrected chi connectivity index (χ2v) is 10.5. The van der Waals surface area contributed by atoms with Crippen LogP contribution in [0, 0.1) is 17.8 Å². The first-order valence-corrected chi connectivity index (χ1v) is 11.9. The third kappa shape index (κ3) is 4.21. The van der Waals surface area contributed by atoms with Crippen molar-refractivity contribution in [2.75, 3.05) is 18.4 Å². The average molecular weight is 391 g/mol. The van der Waals surface area contributed by atoms with E-state index in [4.69, 9.17) is 0 Å². The number of carbonyl (C=O) groups excluding carboxylic acids is 1. The summed E-state index contributed by atoms with van der Waals surface area (Å²) in [5.41, 5.74) is 0.582. The van der Waals surface area contributed by atoms with Gasteiger partial charge in [-0.25, -0.2) is 8.42 Å². The second kappa shape index (κ2) is 7.92. The molecular formula is C21H30N2O3S. The summed E-state index contributed by atoms with van der Waals surface area (Å²) in [6, 6.07) is 6.74. The molecule has 3 atom stereocenters. The number of hydrogen-bond acceptors (Lipinski definition) is 3. The molecule has 0 aromatic heterocycles. The second-order valence-electron chi connectivity index (χ2n) is 8.53. The van der Waals surface area contributed by atoms with E-state index in [2.05, 4.69) is 5.32 Å². The van der Waals surface area contributed by atoms with Crippen LogP contribution in [0.15, 0.2) is 29.2 Å². The Labute approximate surface area is 162 Å². The van der Waals surface area contributed by atoms with Crippen LogP contribution in [0.2, 0.25) is 0 Å². The molecule has 2 bridgehead atoms. The number of sulfonamides is 1. The Morgan fingerprint density at radius 1 is 1.07 bits per heavy atom. The summed E-state index contributed by atoms with van der Waals surface area (Å²) >= 11 is 0. The predicted octanol–water partition coefficient (Wildman–Crippen LogP) is 4.02. The minimum atomic E-state index is -3.49. The van der Waals surface area contributed by atoms with Crippen molar-refractivity contribution in [3.05, 3.63) is 24.3 Å². The van der Waals surface area contributed by atoms with Gasteiger partial charge in [-0.2, -0.15) is 4.31 Å². The summed E-state index contributed by atoms with van der Waals surface area (Å²) in [7, 11) is -3.49. The first-order chi connectivity index (χ1) is 13.0. The third-order valence-electron chi connectivity index (χ3n) is 6.65. The van der Waals surface area contributed by atoms with Gasteiger partial charge in [0.2, 0.25) is 15.9 Å². The summed E-state index contributed by atoms with van der Waals surface area (Å²) in [5.74, 6) is 2.06. The highest BCUT2D eigenvalue weighted by molar-refractivity contribution is 7.89. The molecule has 3 unspecified atom stereocenters. The van der Waals surface area contributed by atoms with Crippen molar-refractivity contribution in [2.24, 2.45) is 17.8 Å². The van der Waals surface area contributed by atoms with E-state index in [1.807, 2.05) is 0 Å². The van der Waals surface area contributed by atoms with Crippen molar-refractivity contribution in [1.29, 1.82) is 0 Å². The van der Waals surface area contributed by atoms with Gasteiger partial charge >= 0.3 is 0 Å². The number of nitrogens with one attached hydrogen (secondary N) is 1. The van der Waals surface area contributed by atoms with Crippen molar-refractivity contribution >= 4 is 21.6 Å². The van der Waals surface area contributed by atoms with Gasteiger partial charge in [0.25, 0.3) is 0 Å². The number of hydrogen-bond donors (Lipinski definition) is 1. The van der Waals surface area contributed by atoms with E-state index in [0.717, 1.165) is 37.5 Å². The minimum Gasteiger partial charge on any atom is -0.326 e. The molecule has 2 saturated carbocycles. The molecule has 1 amide bonds. The average Bonchev–Trinajstić information content (AvgIpc) is 3.14. The highest BCUT2D eigenvalue weighted by Crippen LogP contribution is 2.49. The summed E-state index contributed by atoms with van der Waals surface area (Å²) < 4.78 is 27.5. The van der Waals surface area contributed by atoms with Gasteiger partial charge in [-0.1, -0.05) is 25.3 Å². The molecule has 3 aliphatic rings. The third-order valence-corrected chi connectivity index (χ3v) is 8.55. The lowest BCUT2D eigenvalue weighted by molar-refractivity contribution is -0.117. The molecule has 1 aromatic carbocycles. The molecular weight excluding hydrogens is 360 g/mol. The fourth-order valence-corrected chi connectivity index (χ4v) is 6.81. The zero-order valence-electron chi connectivity index (χ0n) is 15.9. The lowest BCUT2D eigenvalue weighted by atomic mass is 9.86. The topological polar surface area (TPSA) is 66.5 Å². The van der Waals surface area contributed by atoms with Gasteiger partial charge < -0.3 is 5.32 Å². The van der Waals surface area contributed by atoms with E-state index >= 15 is 0 Å². The van der Waals surface area contributed by atoms with Crippen molar-refractivity contribution in [1.82, 2.24) is 4.31 Å². The predicted molar refractivity (Wildman–Crippen MR) is 106 cm³/mol. The quantitative estimate of drug-likeness (QED) is 0.826. The molecule has 0 spiro atoms. The van der Waals surface area contributed by atoms with Crippen LogP contribution >= 0.6 is 0 Å². The van der Waals surface area contributed by atoms with Crippen LogP contribution in [-0.4, -0.2) is 31.7 Å². The first-order valence-electron chi connectivity index (χ1n) is 10.4. The number of benzene rings is 1. The molecule has 1 saturated heterocycles. The fraction of sp³-hybridized carbons (Fsp3) is 0.667. The fourth-order valence-electron chi connectivity index (χ4n) is 5.24. The molecule has 1 aromatic rings. The van der Waals surface area contributed by atoms with Gasteiger partial charge in [0.15, 0.2) is 0 Å². The van der Waals surface area contributed by atoms with Crippen molar-refractivity contribution < 1.29 is 13.2 Å². The molecule has 27 heavy (non-hydrogen) atoms. The van der Waals surface area contributed by atoms with Gasteiger partial charge in [-0.3, -0.25) is 4.79 Å². The monoisotopic (exact) mass is 390 g/mol. The Morgan fingerprint density at radius 2 is 1.85 bits per heavy atom. The number of anilines is 1. The maximum absolute atomic E-state index is 13.0. The number of carbonyl (C=O) groups is 1. The number of amides is 1. The Morgan fingerprint density at radius 3 is 2.52 bits per heavy atom. The molecule has 5 nitrogen and oxygen atoms in total. The maximum atomic E-state index is 13.0. The molecule has 3 fully saturated rings. The zero-order valence-corrected chi connectivity index (χ0v) is 16.7. The Balaban J connectivity index is 1.41. The number of rotatable bonds is 5. The standard InChI is InChI=1S/C21H30N2O3S/c24-21(14-18-13-16-8-9-17(18)12-16)22-19-6-5-7-20(15-19)27(25,26)23-10-3-1-2-4-11-23/h5-7,15-18H,1-4,8-14H2,(H,22,24). The Kier molecular flexibility index (Phi) is 5.55. The van der Waals surface area contributed by atoms with Crippen LogP contribution in [0.4, 0.5) is 5.69 Å². The van der Waals surface area contributed by atoms with E-state index in [1.165, 1.54) is 25.7 Å². The van der Waals surface area contributed by atoms with Crippen molar-refractivity contribution in [2.45, 2.75) is 62.7 Å². The van der Waals surface area contributed by atoms with Gasteiger partial charge in [0.1, 0.15) is 0 Å². The first kappa shape index (κ1) is 18.9. The van der Waals surface area contributed by atoms with Gasteiger partial charge in [-0.05, 0) is 68.1 Å². The normalized spacial score (nSPS) is 28.8. The molecule has 1 aliphatic heterocycles. The van der Waals surface area contributed by atoms with Crippen LogP contribution < -0.4 is 5.32 Å². The van der Waals surface area contributed by atoms with Gasteiger partial charge in [0, 0.05) is 25.2 Å². The molecule has 2 aliphatic carbocycles. The van der Waals surface area contributed by atoms with E-state index in [1.54, 1.807) is 28.6 Å². The highest BCUT2D eigenvalue weighted by Gasteiger charge is 2.40. The van der Waals surface area contributed by atoms with Crippen LogP contribution in [-0.2, 0) is 14.8 Å². The molecule has 6 heteroatoms. The number of fused-ring (bicyclic) bond motifs is 2. The maximum Gasteiger partial charge on any atom is 0.243 e. The summed E-state index contributed by atoms with van der Waals surface area (Å²) in [6.07, 6.45) is 9.65. The van der Waals surface area contributed by atoms with Crippen LogP contribution in [0.1, 0.15) is 57.8 Å². The molecule has 1 N–H and O–H groups in total. The van der Waals surface area contributed by atoms with Crippen LogP contribution in [0.25, 0.3) is 0 Å². The lowest BCUT2D eigenvalue weighted by Crippen LogP contribution is -2.32. The summed E-state index contributed by atoms with van der Waals surface area (Å²) in [6.45, 7) is 1.17.